The van der Waals surface area contributed by atoms with Gasteiger partial charge in [0.1, 0.15) is 11.6 Å². The van der Waals surface area contributed by atoms with Crippen LogP contribution in [0.15, 0.2) is 30.5 Å². The number of aryl methyl sites for hydroxylation is 1. The number of carbonyl (C=O) groups is 1. The lowest BCUT2D eigenvalue weighted by Gasteiger charge is -2.12. The van der Waals surface area contributed by atoms with Crippen molar-refractivity contribution in [2.24, 2.45) is 0 Å². The van der Waals surface area contributed by atoms with Crippen LogP contribution in [0.25, 0.3) is 0 Å². The van der Waals surface area contributed by atoms with E-state index in [1.807, 2.05) is 13.8 Å². The first kappa shape index (κ1) is 13.1. The molecule has 100 valence electrons. The van der Waals surface area contributed by atoms with Crippen molar-refractivity contribution >= 4 is 11.7 Å². The molecule has 2 aromatic rings. The smallest absolute Gasteiger partial charge is 0.257 e. The number of nitrogens with zero attached hydrogens (tertiary/aromatic N) is 2. The maximum atomic E-state index is 12.2. The molecule has 1 heterocycles. The molecular formula is C14H17N3O2. The van der Waals surface area contributed by atoms with Gasteiger partial charge in [-0.2, -0.15) is 5.10 Å². The molecule has 0 unspecified atom stereocenters. The molecule has 0 saturated carbocycles. The zero-order valence-corrected chi connectivity index (χ0v) is 11.2. The second kappa shape index (κ2) is 5.14. The molecule has 2 rings (SSSR count). The molecule has 1 aromatic heterocycles. The van der Waals surface area contributed by atoms with E-state index in [1.54, 1.807) is 36.0 Å². The number of nitrogens with one attached hydrogen (secondary N) is 1. The molecular weight excluding hydrogens is 242 g/mol. The largest absolute Gasteiger partial charge is 0.508 e. The molecule has 0 aliphatic heterocycles. The van der Waals surface area contributed by atoms with Crippen molar-refractivity contribution in [1.29, 1.82) is 0 Å². The van der Waals surface area contributed by atoms with Crippen molar-refractivity contribution in [2.45, 2.75) is 26.8 Å². The zero-order valence-electron chi connectivity index (χ0n) is 11.2. The van der Waals surface area contributed by atoms with E-state index >= 15 is 0 Å². The molecule has 2 N–H and O–H groups in total. The molecule has 0 aliphatic carbocycles. The number of hydrogen-bond donors (Lipinski definition) is 2. The molecule has 0 saturated heterocycles. The van der Waals surface area contributed by atoms with Crippen LogP contribution in [0.3, 0.4) is 0 Å². The van der Waals surface area contributed by atoms with E-state index < -0.39 is 0 Å². The SMILES string of the molecule is Cc1cc(O)ccc1C(=O)Nc1ccnn1C(C)C. The number of benzene rings is 1. The van der Waals surface area contributed by atoms with Gasteiger partial charge in [0, 0.05) is 17.7 Å². The maximum absolute atomic E-state index is 12.2. The highest BCUT2D eigenvalue weighted by atomic mass is 16.3. The van der Waals surface area contributed by atoms with Gasteiger partial charge in [0.05, 0.1) is 6.20 Å². The van der Waals surface area contributed by atoms with Gasteiger partial charge in [-0.3, -0.25) is 4.79 Å². The second-order valence-corrected chi connectivity index (χ2v) is 4.71. The zero-order chi connectivity index (χ0) is 14.0. The summed E-state index contributed by atoms with van der Waals surface area (Å²) < 4.78 is 1.74. The van der Waals surface area contributed by atoms with Gasteiger partial charge in [-0.1, -0.05) is 0 Å². The first-order valence-corrected chi connectivity index (χ1v) is 6.13. The normalized spacial score (nSPS) is 10.7. The Morgan fingerprint density at radius 1 is 1.37 bits per heavy atom. The molecule has 0 spiro atoms. The van der Waals surface area contributed by atoms with Crippen LogP contribution < -0.4 is 5.32 Å². The first-order chi connectivity index (χ1) is 8.99. The van der Waals surface area contributed by atoms with E-state index in [9.17, 15) is 9.90 Å². The van der Waals surface area contributed by atoms with Gasteiger partial charge in [0.25, 0.3) is 5.91 Å². The molecule has 0 fully saturated rings. The molecule has 1 aromatic carbocycles. The number of rotatable bonds is 3. The van der Waals surface area contributed by atoms with Gasteiger partial charge in [0.2, 0.25) is 0 Å². The third-order valence-corrected chi connectivity index (χ3v) is 2.86. The van der Waals surface area contributed by atoms with Crippen LogP contribution in [-0.2, 0) is 0 Å². The summed E-state index contributed by atoms with van der Waals surface area (Å²) in [5.74, 6) is 0.605. The molecule has 0 aliphatic rings. The van der Waals surface area contributed by atoms with E-state index in [0.717, 1.165) is 5.56 Å². The molecule has 5 heteroatoms. The summed E-state index contributed by atoms with van der Waals surface area (Å²) in [5.41, 5.74) is 1.27. The average molecular weight is 259 g/mol. The van der Waals surface area contributed by atoms with Gasteiger partial charge in [0.15, 0.2) is 0 Å². The van der Waals surface area contributed by atoms with Crippen molar-refractivity contribution in [3.63, 3.8) is 0 Å². The predicted octanol–water partition coefficient (Wildman–Crippen LogP) is 2.73. The summed E-state index contributed by atoms with van der Waals surface area (Å²) in [6, 6.07) is 6.60. The lowest BCUT2D eigenvalue weighted by Crippen LogP contribution is -2.17. The average Bonchev–Trinajstić information content (AvgIpc) is 2.76. The van der Waals surface area contributed by atoms with Crippen LogP contribution >= 0.6 is 0 Å². The van der Waals surface area contributed by atoms with Crippen LogP contribution in [0, 0.1) is 6.92 Å². The summed E-state index contributed by atoms with van der Waals surface area (Å²) in [4.78, 5) is 12.2. The van der Waals surface area contributed by atoms with Crippen molar-refractivity contribution in [1.82, 2.24) is 9.78 Å². The van der Waals surface area contributed by atoms with Gasteiger partial charge in [-0.05, 0) is 44.5 Å². The van der Waals surface area contributed by atoms with E-state index in [0.29, 0.717) is 11.4 Å². The van der Waals surface area contributed by atoms with Crippen molar-refractivity contribution < 1.29 is 9.90 Å². The van der Waals surface area contributed by atoms with Gasteiger partial charge in [-0.25, -0.2) is 4.68 Å². The Morgan fingerprint density at radius 3 is 2.74 bits per heavy atom. The van der Waals surface area contributed by atoms with Gasteiger partial charge >= 0.3 is 0 Å². The Labute approximate surface area is 111 Å². The Morgan fingerprint density at radius 2 is 2.11 bits per heavy atom. The summed E-state index contributed by atoms with van der Waals surface area (Å²) >= 11 is 0. The van der Waals surface area contributed by atoms with E-state index in [1.165, 1.54) is 6.07 Å². The maximum Gasteiger partial charge on any atom is 0.257 e. The number of amides is 1. The Kier molecular flexibility index (Phi) is 3.55. The molecule has 0 radical (unpaired) electrons. The van der Waals surface area contributed by atoms with Gasteiger partial charge < -0.3 is 10.4 Å². The number of aromatic nitrogens is 2. The number of phenolic OH excluding ortho intramolecular Hbond substituents is 1. The van der Waals surface area contributed by atoms with Crippen LogP contribution in [0.5, 0.6) is 5.75 Å². The third-order valence-electron chi connectivity index (χ3n) is 2.86. The molecule has 1 amide bonds. The minimum Gasteiger partial charge on any atom is -0.508 e. The Bertz CT molecular complexity index is 602. The second-order valence-electron chi connectivity index (χ2n) is 4.71. The molecule has 5 nitrogen and oxygen atoms in total. The monoisotopic (exact) mass is 259 g/mol. The van der Waals surface area contributed by atoms with E-state index in [4.69, 9.17) is 0 Å². The fraction of sp³-hybridized carbons (Fsp3) is 0.286. The fourth-order valence-electron chi connectivity index (χ4n) is 1.91. The highest BCUT2D eigenvalue weighted by Gasteiger charge is 2.13. The highest BCUT2D eigenvalue weighted by Crippen LogP contribution is 2.18. The Balaban J connectivity index is 2.23. The van der Waals surface area contributed by atoms with E-state index in [2.05, 4.69) is 10.4 Å². The predicted molar refractivity (Wildman–Crippen MR) is 73.4 cm³/mol. The highest BCUT2D eigenvalue weighted by molar-refractivity contribution is 6.04. The van der Waals surface area contributed by atoms with Crippen LogP contribution in [0.2, 0.25) is 0 Å². The number of phenols is 1. The van der Waals surface area contributed by atoms with Crippen molar-refractivity contribution in [3.05, 3.63) is 41.6 Å². The Hall–Kier alpha value is -2.30. The summed E-state index contributed by atoms with van der Waals surface area (Å²) in [6.07, 6.45) is 1.65. The number of carbonyl (C=O) groups excluding carboxylic acids is 1. The van der Waals surface area contributed by atoms with Crippen LogP contribution in [0.4, 0.5) is 5.82 Å². The quantitative estimate of drug-likeness (QED) is 0.890. The number of anilines is 1. The first-order valence-electron chi connectivity index (χ1n) is 6.13. The van der Waals surface area contributed by atoms with Crippen molar-refractivity contribution in [3.8, 4) is 5.75 Å². The molecule has 0 atom stereocenters. The number of aromatic hydroxyl groups is 1. The summed E-state index contributed by atoms with van der Waals surface area (Å²) in [6.45, 7) is 5.78. The number of hydrogen-bond acceptors (Lipinski definition) is 3. The molecule has 19 heavy (non-hydrogen) atoms. The third kappa shape index (κ3) is 2.76. The summed E-state index contributed by atoms with van der Waals surface area (Å²) in [5, 5.41) is 16.3. The molecule has 0 bridgehead atoms. The lowest BCUT2D eigenvalue weighted by atomic mass is 10.1. The van der Waals surface area contributed by atoms with Crippen LogP contribution in [-0.4, -0.2) is 20.8 Å². The minimum atomic E-state index is -0.208. The van der Waals surface area contributed by atoms with Gasteiger partial charge in [-0.15, -0.1) is 0 Å². The van der Waals surface area contributed by atoms with Crippen LogP contribution in [0.1, 0.15) is 35.8 Å². The van der Waals surface area contributed by atoms with E-state index in [-0.39, 0.29) is 17.7 Å². The topological polar surface area (TPSA) is 67.2 Å². The lowest BCUT2D eigenvalue weighted by molar-refractivity contribution is 0.102. The minimum absolute atomic E-state index is 0.154. The summed E-state index contributed by atoms with van der Waals surface area (Å²) in [7, 11) is 0. The standard InChI is InChI=1S/C14H17N3O2/c1-9(2)17-13(6-7-15-17)16-14(19)12-5-4-11(18)8-10(12)3/h4-9,18H,1-3H3,(H,16,19). The van der Waals surface area contributed by atoms with Crippen molar-refractivity contribution in [2.75, 3.05) is 5.32 Å². The fourth-order valence-corrected chi connectivity index (χ4v) is 1.91.